The Morgan fingerprint density at radius 3 is 1.51 bits per heavy atom. The normalized spacial score (nSPS) is 10.2. The molecule has 59 heavy (non-hydrogen) atoms. The number of hydrogen-bond acceptors (Lipinski definition) is 13. The van der Waals surface area contributed by atoms with E-state index in [1.165, 1.54) is 22.7 Å². The largest absolute Gasteiger partial charge is 0.492 e. The van der Waals surface area contributed by atoms with Crippen molar-refractivity contribution in [3.63, 3.8) is 0 Å². The number of carboxylic acids is 1. The number of nitrogen functional groups attached to an aromatic ring is 1. The van der Waals surface area contributed by atoms with Gasteiger partial charge in [0.15, 0.2) is 0 Å². The summed E-state index contributed by atoms with van der Waals surface area (Å²) in [7, 11) is 0. The first kappa shape index (κ1) is 46.5. The molecule has 0 unspecified atom stereocenters. The zero-order chi connectivity index (χ0) is 42.6. The summed E-state index contributed by atoms with van der Waals surface area (Å²) in [6.07, 6.45) is 4.94. The topological polar surface area (TPSA) is 177 Å². The molecule has 0 saturated heterocycles. The molecule has 0 aliphatic rings. The molecule has 0 saturated carbocycles. The highest BCUT2D eigenvalue weighted by Gasteiger charge is 2.13. The Kier molecular flexibility index (Phi) is 19.4. The maximum absolute atomic E-state index is 12.2. The lowest BCUT2D eigenvalue weighted by molar-refractivity contribution is -0.137. The third-order valence-corrected chi connectivity index (χ3v) is 9.84. The first-order valence-corrected chi connectivity index (χ1v) is 20.7. The minimum absolute atomic E-state index is 0.0885. The van der Waals surface area contributed by atoms with E-state index in [0.29, 0.717) is 97.7 Å². The van der Waals surface area contributed by atoms with Gasteiger partial charge in [-0.2, -0.15) is 0 Å². The average Bonchev–Trinajstić information content (AvgIpc) is 3.95. The molecule has 0 aliphatic carbocycles. The van der Waals surface area contributed by atoms with Gasteiger partial charge < -0.3 is 29.8 Å². The lowest BCUT2D eigenvalue weighted by Gasteiger charge is -2.08. The molecule has 6 rings (SSSR count). The number of carbonyl (C=O) groups is 4. The highest BCUT2D eigenvalue weighted by molar-refractivity contribution is 7.11. The fraction of sp³-hybridized carbons (Fsp3) is 0.171. The number of thiazole rings is 2. The molecule has 4 aromatic carbocycles. The van der Waals surface area contributed by atoms with Gasteiger partial charge >= 0.3 is 17.9 Å². The number of nitrogens with zero attached hydrogens (tertiary/aromatic N) is 2. The van der Waals surface area contributed by atoms with Crippen LogP contribution in [0.4, 0.5) is 5.69 Å². The molecule has 2 aromatic heterocycles. The Morgan fingerprint density at radius 2 is 1.08 bits per heavy atom. The number of esters is 2. The number of aromatic nitrogens is 2. The van der Waals surface area contributed by atoms with Gasteiger partial charge in [0, 0.05) is 58.1 Å². The van der Waals surface area contributed by atoms with Crippen molar-refractivity contribution in [1.29, 1.82) is 0 Å². The molecule has 0 radical (unpaired) electrons. The summed E-state index contributed by atoms with van der Waals surface area (Å²) in [5, 5.41) is 14.4. The second-order valence-corrected chi connectivity index (χ2v) is 15.3. The summed E-state index contributed by atoms with van der Waals surface area (Å²) < 4.78 is 21.2. The summed E-state index contributed by atoms with van der Waals surface area (Å²) in [6, 6.07) is 23.4. The number of carboxylic acid groups (broad SMARTS) is 1. The maximum Gasteiger partial charge on any atom is 0.372 e. The van der Waals surface area contributed by atoms with E-state index >= 15 is 0 Å². The van der Waals surface area contributed by atoms with Crippen LogP contribution in [-0.2, 0) is 16.0 Å². The number of anilines is 1. The Labute approximate surface area is 367 Å². The second-order valence-electron chi connectivity index (χ2n) is 11.8. The molecule has 12 nitrogen and oxygen atoms in total. The van der Waals surface area contributed by atoms with Crippen molar-refractivity contribution >= 4 is 98.5 Å². The molecule has 3 N–H and O–H groups in total. The van der Waals surface area contributed by atoms with Crippen LogP contribution >= 0.6 is 69.1 Å². The van der Waals surface area contributed by atoms with Gasteiger partial charge in [-0.15, -0.1) is 22.7 Å². The number of ketones is 1. The maximum atomic E-state index is 12.2. The predicted octanol–water partition coefficient (Wildman–Crippen LogP) is 10.8. The monoisotopic (exact) mass is 917 g/mol. The molecule has 308 valence electrons. The molecule has 0 atom stereocenters. The van der Waals surface area contributed by atoms with Crippen LogP contribution in [0.5, 0.6) is 23.0 Å². The third kappa shape index (κ3) is 17.3. The van der Waals surface area contributed by atoms with Gasteiger partial charge in [0.25, 0.3) is 0 Å². The van der Waals surface area contributed by atoms with Crippen LogP contribution in [0.15, 0.2) is 108 Å². The van der Waals surface area contributed by atoms with E-state index in [0.717, 1.165) is 5.56 Å². The molecule has 0 amide bonds. The minimum Gasteiger partial charge on any atom is -0.492 e. The number of halogens is 4. The van der Waals surface area contributed by atoms with E-state index in [2.05, 4.69) is 9.97 Å². The molecular weight excluding hydrogens is 884 g/mol. The SMILES string of the molecule is Nc1ccc(OC(=O)c2nccs2)cc1.O=C(CCCOc1ccc(Cl)cc1Cl)Cc1ccc(OC(=O)c2nccs2)cc1.O=C(O)CCCOc1ccc(Cl)cc1Cl. The molecule has 0 fully saturated rings. The third-order valence-electron chi connectivity index (χ3n) is 7.28. The smallest absolute Gasteiger partial charge is 0.372 e. The van der Waals surface area contributed by atoms with Crippen molar-refractivity contribution in [2.75, 3.05) is 18.9 Å². The average molecular weight is 920 g/mol. The van der Waals surface area contributed by atoms with Crippen molar-refractivity contribution in [2.45, 2.75) is 32.1 Å². The second kappa shape index (κ2) is 24.6. The Balaban J connectivity index is 0.000000215. The van der Waals surface area contributed by atoms with Gasteiger partial charge in [-0.05, 0) is 91.2 Å². The molecule has 0 aliphatic heterocycles. The number of rotatable bonds is 16. The first-order chi connectivity index (χ1) is 28.4. The molecule has 0 spiro atoms. The first-order valence-electron chi connectivity index (χ1n) is 17.4. The van der Waals surface area contributed by atoms with Crippen molar-refractivity contribution in [1.82, 2.24) is 9.97 Å². The van der Waals surface area contributed by atoms with Gasteiger partial charge in [-0.1, -0.05) is 58.5 Å². The summed E-state index contributed by atoms with van der Waals surface area (Å²) in [4.78, 5) is 53.5. The van der Waals surface area contributed by atoms with E-state index in [1.54, 1.807) is 108 Å². The van der Waals surface area contributed by atoms with Gasteiger partial charge in [-0.3, -0.25) is 9.59 Å². The van der Waals surface area contributed by atoms with Crippen molar-refractivity contribution in [3.8, 4) is 23.0 Å². The van der Waals surface area contributed by atoms with Gasteiger partial charge in [0.2, 0.25) is 10.0 Å². The number of aliphatic carboxylic acids is 1. The summed E-state index contributed by atoms with van der Waals surface area (Å²) in [5.74, 6) is 0.264. The van der Waals surface area contributed by atoms with Gasteiger partial charge in [-0.25, -0.2) is 19.6 Å². The Morgan fingerprint density at radius 1 is 0.627 bits per heavy atom. The summed E-state index contributed by atoms with van der Waals surface area (Å²) in [6.45, 7) is 0.715. The standard InChI is InChI=1S/C21H17Cl2NO4S.C10H10Cl2O3.C10H8N2O2S/c22-15-5-8-19(18(23)13-15)27-10-1-2-16(25)12-14-3-6-17(7-4-14)28-21(26)20-24-9-11-29-20;11-7-3-4-9(8(12)6-7)15-5-1-2-10(13)14;11-7-1-3-8(4-2-7)14-10(13)9-12-5-6-15-9/h3-9,11,13H,1-2,10,12H2;3-4,6H,1-2,5H2,(H,13,14);1-6H,11H2. The van der Waals surface area contributed by atoms with Crippen molar-refractivity contribution < 1.29 is 43.2 Å². The van der Waals surface area contributed by atoms with Crippen LogP contribution in [0.3, 0.4) is 0 Å². The van der Waals surface area contributed by atoms with Crippen LogP contribution in [0.2, 0.25) is 20.1 Å². The zero-order valence-electron chi connectivity index (χ0n) is 30.9. The Bertz CT molecular complexity index is 2260. The van der Waals surface area contributed by atoms with Gasteiger partial charge in [0.05, 0.1) is 23.3 Å². The highest BCUT2D eigenvalue weighted by Crippen LogP contribution is 2.29. The number of carbonyl (C=O) groups excluding carboxylic acids is 3. The highest BCUT2D eigenvalue weighted by atomic mass is 35.5. The molecule has 6 aromatic rings. The van der Waals surface area contributed by atoms with Crippen LogP contribution in [-0.4, -0.2) is 52.0 Å². The predicted molar refractivity (Wildman–Crippen MR) is 230 cm³/mol. The molecule has 18 heteroatoms. The van der Waals surface area contributed by atoms with Crippen LogP contribution in [0.1, 0.15) is 50.9 Å². The van der Waals surface area contributed by atoms with Crippen LogP contribution in [0.25, 0.3) is 0 Å². The van der Waals surface area contributed by atoms with Crippen LogP contribution < -0.4 is 24.7 Å². The summed E-state index contributed by atoms with van der Waals surface area (Å²) >= 11 is 25.9. The number of Topliss-reactive ketones (excluding diaryl/α,β-unsaturated/α-hetero) is 1. The fourth-order valence-corrected chi connectivity index (χ4v) is 6.47. The summed E-state index contributed by atoms with van der Waals surface area (Å²) in [5.41, 5.74) is 6.98. The van der Waals surface area contributed by atoms with E-state index in [9.17, 15) is 19.2 Å². The number of ether oxygens (including phenoxy) is 4. The zero-order valence-corrected chi connectivity index (χ0v) is 35.5. The Hall–Kier alpha value is -5.22. The molecule has 0 bridgehead atoms. The molecule has 2 heterocycles. The lowest BCUT2D eigenvalue weighted by atomic mass is 10.1. The fourth-order valence-electron chi connectivity index (χ4n) is 4.52. The quantitative estimate of drug-likeness (QED) is 0.0407. The van der Waals surface area contributed by atoms with E-state index in [4.69, 9.17) is 76.2 Å². The molecular formula is C41H35Cl4N3O9S2. The van der Waals surface area contributed by atoms with Crippen molar-refractivity contribution in [2.24, 2.45) is 0 Å². The van der Waals surface area contributed by atoms with Gasteiger partial charge in [0.1, 0.15) is 28.8 Å². The minimum atomic E-state index is -0.833. The van der Waals surface area contributed by atoms with Crippen molar-refractivity contribution in [3.05, 3.63) is 144 Å². The number of nitrogens with two attached hydrogens (primary N) is 1. The van der Waals surface area contributed by atoms with E-state index in [-0.39, 0.29) is 12.2 Å². The number of hydrogen-bond donors (Lipinski definition) is 2. The number of benzene rings is 4. The van der Waals surface area contributed by atoms with Crippen LogP contribution in [0, 0.1) is 0 Å². The lowest BCUT2D eigenvalue weighted by Crippen LogP contribution is -2.08. The van der Waals surface area contributed by atoms with E-state index in [1.807, 2.05) is 0 Å². The van der Waals surface area contributed by atoms with E-state index < -0.39 is 17.9 Å².